The number of piperidine rings is 1. The fraction of sp³-hybridized carbons (Fsp3) is 0.700. The molecule has 14 heavy (non-hydrogen) atoms. The van der Waals surface area contributed by atoms with Crippen molar-refractivity contribution in [1.82, 2.24) is 9.88 Å². The first-order valence-electron chi connectivity index (χ1n) is 5.21. The molecule has 0 radical (unpaired) electrons. The second-order valence-corrected chi connectivity index (χ2v) is 4.79. The molecule has 1 aliphatic heterocycles. The third kappa shape index (κ3) is 2.32. The number of aromatic nitrogens is 1. The molecule has 4 heteroatoms. The van der Waals surface area contributed by atoms with Gasteiger partial charge in [-0.1, -0.05) is 6.42 Å². The van der Waals surface area contributed by atoms with Crippen molar-refractivity contribution in [3.8, 4) is 0 Å². The molecule has 2 heterocycles. The minimum Gasteiger partial charge on any atom is -0.329 e. The van der Waals surface area contributed by atoms with Gasteiger partial charge in [-0.25, -0.2) is 0 Å². The van der Waals surface area contributed by atoms with Crippen molar-refractivity contribution in [1.29, 1.82) is 0 Å². The highest BCUT2D eigenvalue weighted by molar-refractivity contribution is 7.09. The first-order valence-corrected chi connectivity index (χ1v) is 6.09. The number of rotatable bonds is 3. The summed E-state index contributed by atoms with van der Waals surface area (Å²) in [7, 11) is 0. The summed E-state index contributed by atoms with van der Waals surface area (Å²) >= 11 is 1.74. The zero-order valence-electron chi connectivity index (χ0n) is 8.35. The van der Waals surface area contributed by atoms with Crippen molar-refractivity contribution >= 4 is 11.3 Å². The van der Waals surface area contributed by atoms with Gasteiger partial charge in [0, 0.05) is 30.2 Å². The molecular weight excluding hydrogens is 194 g/mol. The lowest BCUT2D eigenvalue weighted by Gasteiger charge is -2.34. The van der Waals surface area contributed by atoms with Crippen LogP contribution in [0.4, 0.5) is 0 Å². The van der Waals surface area contributed by atoms with Gasteiger partial charge in [0.1, 0.15) is 0 Å². The van der Waals surface area contributed by atoms with Crippen LogP contribution in [0, 0.1) is 0 Å². The second-order valence-electron chi connectivity index (χ2n) is 3.82. The van der Waals surface area contributed by atoms with E-state index in [4.69, 9.17) is 5.73 Å². The Morgan fingerprint density at radius 2 is 2.50 bits per heavy atom. The Balaban J connectivity index is 1.94. The van der Waals surface area contributed by atoms with Gasteiger partial charge < -0.3 is 5.73 Å². The first kappa shape index (κ1) is 10.1. The summed E-state index contributed by atoms with van der Waals surface area (Å²) < 4.78 is 0. The van der Waals surface area contributed by atoms with Gasteiger partial charge in [-0.3, -0.25) is 9.88 Å². The molecule has 0 unspecified atom stereocenters. The lowest BCUT2D eigenvalue weighted by atomic mass is 10.0. The molecule has 0 spiro atoms. The average Bonchev–Trinajstić information content (AvgIpc) is 2.71. The second kappa shape index (κ2) is 4.87. The molecule has 1 atom stereocenters. The van der Waals surface area contributed by atoms with Gasteiger partial charge >= 0.3 is 0 Å². The van der Waals surface area contributed by atoms with Crippen LogP contribution in [0.5, 0.6) is 0 Å². The monoisotopic (exact) mass is 211 g/mol. The zero-order chi connectivity index (χ0) is 9.80. The molecule has 3 nitrogen and oxygen atoms in total. The molecule has 1 saturated heterocycles. The third-order valence-electron chi connectivity index (χ3n) is 2.86. The molecule has 78 valence electrons. The minimum atomic E-state index is 0.589. The Kier molecular flexibility index (Phi) is 3.50. The molecule has 2 rings (SSSR count). The fourth-order valence-electron chi connectivity index (χ4n) is 2.06. The van der Waals surface area contributed by atoms with E-state index in [-0.39, 0.29) is 0 Å². The molecule has 0 amide bonds. The average molecular weight is 211 g/mol. The molecular formula is C10H17N3S. The van der Waals surface area contributed by atoms with E-state index >= 15 is 0 Å². The van der Waals surface area contributed by atoms with E-state index < -0.39 is 0 Å². The van der Waals surface area contributed by atoms with Crippen LogP contribution in [0.15, 0.2) is 11.7 Å². The van der Waals surface area contributed by atoms with E-state index in [0.29, 0.717) is 6.04 Å². The van der Waals surface area contributed by atoms with Gasteiger partial charge in [0.05, 0.1) is 5.51 Å². The van der Waals surface area contributed by atoms with Crippen LogP contribution < -0.4 is 5.73 Å². The molecule has 1 fully saturated rings. The molecule has 2 N–H and O–H groups in total. The molecule has 1 aromatic rings. The van der Waals surface area contributed by atoms with Gasteiger partial charge in [0.2, 0.25) is 0 Å². The first-order chi connectivity index (χ1) is 6.90. The van der Waals surface area contributed by atoms with Crippen molar-refractivity contribution < 1.29 is 0 Å². The van der Waals surface area contributed by atoms with E-state index in [0.717, 1.165) is 13.1 Å². The minimum absolute atomic E-state index is 0.589. The summed E-state index contributed by atoms with van der Waals surface area (Å²) in [6.45, 7) is 3.02. The highest BCUT2D eigenvalue weighted by Gasteiger charge is 2.21. The molecule has 0 aromatic carbocycles. The lowest BCUT2D eigenvalue weighted by molar-refractivity contribution is 0.146. The van der Waals surface area contributed by atoms with Crippen LogP contribution in [-0.4, -0.2) is 29.0 Å². The maximum Gasteiger partial charge on any atom is 0.0794 e. The van der Waals surface area contributed by atoms with Crippen molar-refractivity contribution in [2.24, 2.45) is 5.73 Å². The highest BCUT2D eigenvalue weighted by Crippen LogP contribution is 2.19. The highest BCUT2D eigenvalue weighted by atomic mass is 32.1. The summed E-state index contributed by atoms with van der Waals surface area (Å²) in [6, 6.07) is 0.589. The van der Waals surface area contributed by atoms with Gasteiger partial charge in [0.25, 0.3) is 0 Å². The van der Waals surface area contributed by atoms with Crippen molar-refractivity contribution in [2.75, 3.05) is 13.1 Å². The molecule has 0 aliphatic carbocycles. The summed E-state index contributed by atoms with van der Waals surface area (Å²) in [4.78, 5) is 7.95. The molecule has 0 saturated carbocycles. The predicted octanol–water partition coefficient (Wildman–Crippen LogP) is 1.46. The Morgan fingerprint density at radius 1 is 1.57 bits per heavy atom. The van der Waals surface area contributed by atoms with E-state index in [1.807, 2.05) is 11.7 Å². The van der Waals surface area contributed by atoms with Crippen LogP contribution in [0.3, 0.4) is 0 Å². The Morgan fingerprint density at radius 3 is 3.21 bits per heavy atom. The van der Waals surface area contributed by atoms with E-state index in [1.165, 1.54) is 30.7 Å². The predicted molar refractivity (Wildman–Crippen MR) is 59.2 cm³/mol. The quantitative estimate of drug-likeness (QED) is 0.823. The Hall–Kier alpha value is -0.450. The number of likely N-dealkylation sites (tertiary alicyclic amines) is 1. The zero-order valence-corrected chi connectivity index (χ0v) is 9.17. The van der Waals surface area contributed by atoms with Crippen LogP contribution in [0.25, 0.3) is 0 Å². The van der Waals surface area contributed by atoms with E-state index in [1.54, 1.807) is 11.3 Å². The largest absolute Gasteiger partial charge is 0.329 e. The maximum atomic E-state index is 5.77. The van der Waals surface area contributed by atoms with Crippen LogP contribution in [0.1, 0.15) is 24.1 Å². The Labute approximate surface area is 88.9 Å². The van der Waals surface area contributed by atoms with Gasteiger partial charge in [0.15, 0.2) is 0 Å². The number of hydrogen-bond acceptors (Lipinski definition) is 4. The van der Waals surface area contributed by atoms with Crippen LogP contribution in [-0.2, 0) is 6.54 Å². The van der Waals surface area contributed by atoms with Crippen molar-refractivity contribution in [2.45, 2.75) is 31.8 Å². The normalized spacial score (nSPS) is 23.9. The van der Waals surface area contributed by atoms with E-state index in [9.17, 15) is 0 Å². The molecule has 1 aliphatic rings. The van der Waals surface area contributed by atoms with E-state index in [2.05, 4.69) is 9.88 Å². The number of thiazole rings is 1. The van der Waals surface area contributed by atoms with Gasteiger partial charge in [-0.2, -0.15) is 0 Å². The molecule has 0 bridgehead atoms. The maximum absolute atomic E-state index is 5.77. The summed E-state index contributed by atoms with van der Waals surface area (Å²) in [5.41, 5.74) is 7.67. The molecule has 1 aromatic heterocycles. The SMILES string of the molecule is NC[C@H]1CCCCN1Cc1cncs1. The number of hydrogen-bond donors (Lipinski definition) is 1. The van der Waals surface area contributed by atoms with Gasteiger partial charge in [-0.15, -0.1) is 11.3 Å². The third-order valence-corrected chi connectivity index (χ3v) is 3.63. The standard InChI is InChI=1S/C10H17N3S/c11-5-9-3-1-2-4-13(9)7-10-6-12-8-14-10/h6,8-9H,1-5,7,11H2/t9-/m1/s1. The van der Waals surface area contributed by atoms with Crippen molar-refractivity contribution in [3.63, 3.8) is 0 Å². The van der Waals surface area contributed by atoms with Crippen LogP contribution >= 0.6 is 11.3 Å². The van der Waals surface area contributed by atoms with Gasteiger partial charge in [-0.05, 0) is 19.4 Å². The summed E-state index contributed by atoms with van der Waals surface area (Å²) in [5.74, 6) is 0. The Bertz CT molecular complexity index is 260. The van der Waals surface area contributed by atoms with Crippen LogP contribution in [0.2, 0.25) is 0 Å². The number of nitrogens with zero attached hydrogens (tertiary/aromatic N) is 2. The number of nitrogens with two attached hydrogens (primary N) is 1. The smallest absolute Gasteiger partial charge is 0.0794 e. The lowest BCUT2D eigenvalue weighted by Crippen LogP contribution is -2.43. The summed E-state index contributed by atoms with van der Waals surface area (Å²) in [5, 5.41) is 0. The topological polar surface area (TPSA) is 42.1 Å². The van der Waals surface area contributed by atoms with Crippen molar-refractivity contribution in [3.05, 3.63) is 16.6 Å². The summed E-state index contributed by atoms with van der Waals surface area (Å²) in [6.07, 6.45) is 5.87. The fourth-order valence-corrected chi connectivity index (χ4v) is 2.67.